The summed E-state index contributed by atoms with van der Waals surface area (Å²) in [5.41, 5.74) is 0.719. The van der Waals surface area contributed by atoms with Crippen molar-refractivity contribution in [3.8, 4) is 0 Å². The number of ether oxygens (including phenoxy) is 1. The molecule has 1 aliphatic heterocycles. The molecule has 1 aromatic heterocycles. The Balaban J connectivity index is 2.37. The van der Waals surface area contributed by atoms with Gasteiger partial charge in [0.1, 0.15) is 5.69 Å². The molecular weight excluding hydrogens is 318 g/mol. The number of carbonyl (C=O) groups excluding carboxylic acids is 1. The smallest absolute Gasteiger partial charge is 0.257 e. The van der Waals surface area contributed by atoms with Crippen LogP contribution in [0.25, 0.3) is 0 Å². The Labute approximate surface area is 137 Å². The van der Waals surface area contributed by atoms with Gasteiger partial charge in [0, 0.05) is 26.9 Å². The van der Waals surface area contributed by atoms with E-state index in [9.17, 15) is 13.2 Å². The summed E-state index contributed by atoms with van der Waals surface area (Å²) in [5, 5.41) is 4.26. The molecule has 0 saturated carbocycles. The van der Waals surface area contributed by atoms with Crippen molar-refractivity contribution in [1.29, 1.82) is 0 Å². The van der Waals surface area contributed by atoms with Gasteiger partial charge in [-0.25, -0.2) is 8.42 Å². The van der Waals surface area contributed by atoms with E-state index < -0.39 is 9.84 Å². The zero-order chi connectivity index (χ0) is 17.4. The Kier molecular flexibility index (Phi) is 4.86. The van der Waals surface area contributed by atoms with Crippen LogP contribution in [-0.4, -0.2) is 60.2 Å². The van der Waals surface area contributed by atoms with E-state index >= 15 is 0 Å². The predicted molar refractivity (Wildman–Crippen MR) is 86.9 cm³/mol. The second-order valence-electron chi connectivity index (χ2n) is 7.09. The summed E-state index contributed by atoms with van der Waals surface area (Å²) in [6.07, 6.45) is 1.67. The van der Waals surface area contributed by atoms with E-state index in [4.69, 9.17) is 4.74 Å². The van der Waals surface area contributed by atoms with Gasteiger partial charge in [-0.2, -0.15) is 5.10 Å². The van der Waals surface area contributed by atoms with Crippen molar-refractivity contribution in [2.24, 2.45) is 12.5 Å². The number of methoxy groups -OCH3 is 1. The molecular formula is C15H25N3O4S. The van der Waals surface area contributed by atoms with Crippen LogP contribution in [0.5, 0.6) is 0 Å². The second-order valence-corrected chi connectivity index (χ2v) is 9.32. The van der Waals surface area contributed by atoms with Crippen molar-refractivity contribution >= 4 is 15.7 Å². The predicted octanol–water partition coefficient (Wildman–Crippen LogP) is 0.852. The summed E-state index contributed by atoms with van der Waals surface area (Å²) in [7, 11) is 0.180. The van der Waals surface area contributed by atoms with Gasteiger partial charge in [0.15, 0.2) is 9.84 Å². The number of aryl methyl sites for hydroxylation is 1. The number of hydrogen-bond donors (Lipinski definition) is 0. The van der Waals surface area contributed by atoms with E-state index in [-0.39, 0.29) is 42.0 Å². The molecule has 0 bridgehead atoms. The fourth-order valence-electron chi connectivity index (χ4n) is 2.88. The van der Waals surface area contributed by atoms with Crippen LogP contribution in [0, 0.1) is 5.41 Å². The van der Waals surface area contributed by atoms with Crippen molar-refractivity contribution in [2.45, 2.75) is 33.4 Å². The Morgan fingerprint density at radius 1 is 1.43 bits per heavy atom. The van der Waals surface area contributed by atoms with Gasteiger partial charge in [0.25, 0.3) is 5.91 Å². The minimum absolute atomic E-state index is 0.00210. The first-order valence-electron chi connectivity index (χ1n) is 7.58. The Hall–Kier alpha value is -1.41. The van der Waals surface area contributed by atoms with E-state index in [0.29, 0.717) is 11.3 Å². The molecule has 0 radical (unpaired) electrons. The van der Waals surface area contributed by atoms with E-state index in [2.05, 4.69) is 5.10 Å². The van der Waals surface area contributed by atoms with Crippen LogP contribution >= 0.6 is 0 Å². The maximum Gasteiger partial charge on any atom is 0.257 e. The minimum atomic E-state index is -3.12. The largest absolute Gasteiger partial charge is 0.378 e. The van der Waals surface area contributed by atoms with Crippen LogP contribution in [0.2, 0.25) is 0 Å². The first kappa shape index (κ1) is 17.9. The van der Waals surface area contributed by atoms with Crippen LogP contribution in [0.15, 0.2) is 6.20 Å². The zero-order valence-electron chi connectivity index (χ0n) is 14.4. The van der Waals surface area contributed by atoms with E-state index in [1.165, 1.54) is 0 Å². The topological polar surface area (TPSA) is 81.5 Å². The van der Waals surface area contributed by atoms with E-state index in [1.807, 2.05) is 20.8 Å². The molecule has 130 valence electrons. The third kappa shape index (κ3) is 3.92. The third-order valence-electron chi connectivity index (χ3n) is 4.11. The molecule has 1 fully saturated rings. The first-order chi connectivity index (χ1) is 10.5. The highest BCUT2D eigenvalue weighted by molar-refractivity contribution is 7.91. The summed E-state index contributed by atoms with van der Waals surface area (Å²) >= 11 is 0. The average molecular weight is 343 g/mol. The van der Waals surface area contributed by atoms with Crippen molar-refractivity contribution in [3.63, 3.8) is 0 Å². The highest BCUT2D eigenvalue weighted by atomic mass is 32.2. The SMILES string of the molecule is COCc1nn(C)cc1C(=O)N1CCS(=O)(=O)CC1C(C)(C)C. The lowest BCUT2D eigenvalue weighted by molar-refractivity contribution is 0.0557. The fraction of sp³-hybridized carbons (Fsp3) is 0.733. The number of nitrogens with zero attached hydrogens (tertiary/aromatic N) is 3. The van der Waals surface area contributed by atoms with Crippen LogP contribution in [0.1, 0.15) is 36.8 Å². The van der Waals surface area contributed by atoms with Crippen molar-refractivity contribution in [3.05, 3.63) is 17.5 Å². The number of carbonyl (C=O) groups is 1. The molecule has 1 unspecified atom stereocenters. The van der Waals surface area contributed by atoms with Crippen LogP contribution < -0.4 is 0 Å². The second kappa shape index (κ2) is 6.24. The summed E-state index contributed by atoms with van der Waals surface area (Å²) in [6.45, 7) is 6.33. The molecule has 1 saturated heterocycles. The van der Waals surface area contributed by atoms with E-state index in [0.717, 1.165) is 0 Å². The van der Waals surface area contributed by atoms with Gasteiger partial charge >= 0.3 is 0 Å². The van der Waals surface area contributed by atoms with Crippen LogP contribution in [0.4, 0.5) is 0 Å². The van der Waals surface area contributed by atoms with Crippen LogP contribution in [-0.2, 0) is 28.2 Å². The Morgan fingerprint density at radius 2 is 2.09 bits per heavy atom. The number of aromatic nitrogens is 2. The normalized spacial score (nSPS) is 21.4. The molecule has 0 aromatic carbocycles. The summed E-state index contributed by atoms with van der Waals surface area (Å²) in [4.78, 5) is 14.7. The summed E-state index contributed by atoms with van der Waals surface area (Å²) < 4.78 is 30.7. The van der Waals surface area contributed by atoms with Gasteiger partial charge in [-0.15, -0.1) is 0 Å². The number of rotatable bonds is 3. The van der Waals surface area contributed by atoms with Crippen molar-refractivity contribution < 1.29 is 17.9 Å². The fourth-order valence-corrected chi connectivity index (χ4v) is 4.68. The van der Waals surface area contributed by atoms with E-state index in [1.54, 1.807) is 29.9 Å². The standard InChI is InChI=1S/C15H25N3O4S/c1-15(2,3)13-10-23(20,21)7-6-18(13)14(19)11-8-17(4)16-12(11)9-22-5/h8,13H,6-7,9-10H2,1-5H3. The molecule has 1 atom stereocenters. The quantitative estimate of drug-likeness (QED) is 0.813. The van der Waals surface area contributed by atoms with Gasteiger partial charge in [0.05, 0.1) is 29.7 Å². The monoisotopic (exact) mass is 343 g/mol. The molecule has 8 heteroatoms. The van der Waals surface area contributed by atoms with Gasteiger partial charge in [-0.1, -0.05) is 20.8 Å². The Morgan fingerprint density at radius 3 is 2.65 bits per heavy atom. The number of amides is 1. The van der Waals surface area contributed by atoms with Gasteiger partial charge in [-0.05, 0) is 5.41 Å². The number of sulfone groups is 1. The maximum absolute atomic E-state index is 13.0. The lowest BCUT2D eigenvalue weighted by Gasteiger charge is -2.42. The van der Waals surface area contributed by atoms with Crippen LogP contribution in [0.3, 0.4) is 0 Å². The summed E-state index contributed by atoms with van der Waals surface area (Å²) in [5.74, 6) is -0.173. The first-order valence-corrected chi connectivity index (χ1v) is 9.40. The molecule has 0 aliphatic carbocycles. The molecule has 2 heterocycles. The highest BCUT2D eigenvalue weighted by Gasteiger charge is 2.41. The Bertz CT molecular complexity index is 688. The minimum Gasteiger partial charge on any atom is -0.378 e. The highest BCUT2D eigenvalue weighted by Crippen LogP contribution is 2.30. The maximum atomic E-state index is 13.0. The van der Waals surface area contributed by atoms with Gasteiger partial charge in [0.2, 0.25) is 0 Å². The van der Waals surface area contributed by atoms with Gasteiger partial charge in [-0.3, -0.25) is 9.48 Å². The molecule has 1 aromatic rings. The van der Waals surface area contributed by atoms with Gasteiger partial charge < -0.3 is 9.64 Å². The average Bonchev–Trinajstić information content (AvgIpc) is 2.77. The molecule has 7 nitrogen and oxygen atoms in total. The number of hydrogen-bond acceptors (Lipinski definition) is 5. The van der Waals surface area contributed by atoms with Crippen molar-refractivity contribution in [1.82, 2.24) is 14.7 Å². The third-order valence-corrected chi connectivity index (χ3v) is 5.74. The summed E-state index contributed by atoms with van der Waals surface area (Å²) in [6, 6.07) is -0.357. The molecule has 2 rings (SSSR count). The molecule has 1 amide bonds. The lowest BCUT2D eigenvalue weighted by atomic mass is 9.86. The lowest BCUT2D eigenvalue weighted by Crippen LogP contribution is -2.56. The van der Waals surface area contributed by atoms with Crippen molar-refractivity contribution in [2.75, 3.05) is 25.2 Å². The zero-order valence-corrected chi connectivity index (χ0v) is 15.2. The molecule has 0 N–H and O–H groups in total. The molecule has 23 heavy (non-hydrogen) atoms. The molecule has 0 spiro atoms. The molecule has 1 aliphatic rings.